The van der Waals surface area contributed by atoms with Gasteiger partial charge in [-0.15, -0.1) is 0 Å². The lowest BCUT2D eigenvalue weighted by atomic mass is 9.75. The van der Waals surface area contributed by atoms with Crippen LogP contribution >= 0.6 is 15.9 Å². The Morgan fingerprint density at radius 3 is 2.50 bits per heavy atom. The number of ether oxygens (including phenoxy) is 1. The van der Waals surface area contributed by atoms with E-state index in [-0.39, 0.29) is 5.60 Å². The van der Waals surface area contributed by atoms with E-state index in [9.17, 15) is 0 Å². The van der Waals surface area contributed by atoms with Crippen LogP contribution in [0.2, 0.25) is 0 Å². The molecule has 3 rings (SSSR count). The van der Waals surface area contributed by atoms with Gasteiger partial charge in [0.15, 0.2) is 0 Å². The summed E-state index contributed by atoms with van der Waals surface area (Å²) in [5.74, 6) is 0.744. The Bertz CT molecular complexity index is 451. The average Bonchev–Trinajstić information content (AvgIpc) is 2.34. The average molecular weight is 338 g/mol. The van der Waals surface area contributed by atoms with Crippen LogP contribution < -0.4 is 5.32 Å². The third-order valence-corrected chi connectivity index (χ3v) is 5.18. The molecule has 1 aliphatic heterocycles. The fourth-order valence-corrected chi connectivity index (χ4v) is 3.73. The predicted molar refractivity (Wildman–Crippen MR) is 86.1 cm³/mol. The number of nitrogens with one attached hydrogen (secondary N) is 1. The van der Waals surface area contributed by atoms with Crippen molar-refractivity contribution >= 4 is 15.9 Å². The smallest absolute Gasteiger partial charge is 0.0641 e. The quantitative estimate of drug-likeness (QED) is 0.890. The molecule has 1 atom stereocenters. The second-order valence-corrected chi connectivity index (χ2v) is 7.80. The van der Waals surface area contributed by atoms with Gasteiger partial charge in [-0.3, -0.25) is 0 Å². The van der Waals surface area contributed by atoms with Gasteiger partial charge in [0.05, 0.1) is 5.60 Å². The summed E-state index contributed by atoms with van der Waals surface area (Å²) in [4.78, 5) is 0. The van der Waals surface area contributed by atoms with Gasteiger partial charge in [0, 0.05) is 23.2 Å². The SMILES string of the molecule is CC1(C)CC(NC2CC(c3ccc(Br)cc3)C2)CCO1. The highest BCUT2D eigenvalue weighted by Crippen LogP contribution is 2.38. The molecule has 110 valence electrons. The van der Waals surface area contributed by atoms with Crippen molar-refractivity contribution in [2.75, 3.05) is 6.61 Å². The van der Waals surface area contributed by atoms with Crippen molar-refractivity contribution in [1.82, 2.24) is 5.32 Å². The van der Waals surface area contributed by atoms with Gasteiger partial charge in [-0.05, 0) is 63.1 Å². The molecule has 1 aromatic rings. The van der Waals surface area contributed by atoms with E-state index in [1.165, 1.54) is 22.9 Å². The molecule has 1 saturated carbocycles. The highest BCUT2D eigenvalue weighted by Gasteiger charge is 2.35. The van der Waals surface area contributed by atoms with Crippen LogP contribution in [0.4, 0.5) is 0 Å². The summed E-state index contributed by atoms with van der Waals surface area (Å²) in [6.45, 7) is 5.30. The van der Waals surface area contributed by atoms with E-state index in [0.717, 1.165) is 25.4 Å². The summed E-state index contributed by atoms with van der Waals surface area (Å²) in [7, 11) is 0. The van der Waals surface area contributed by atoms with Gasteiger partial charge in [-0.2, -0.15) is 0 Å². The second-order valence-electron chi connectivity index (χ2n) is 6.88. The van der Waals surface area contributed by atoms with Crippen molar-refractivity contribution in [3.63, 3.8) is 0 Å². The van der Waals surface area contributed by atoms with Gasteiger partial charge >= 0.3 is 0 Å². The molecule has 0 bridgehead atoms. The van der Waals surface area contributed by atoms with Crippen LogP contribution in [0.15, 0.2) is 28.7 Å². The first-order valence-electron chi connectivity index (χ1n) is 7.67. The molecule has 20 heavy (non-hydrogen) atoms. The number of hydrogen-bond donors (Lipinski definition) is 1. The van der Waals surface area contributed by atoms with E-state index in [1.54, 1.807) is 0 Å². The van der Waals surface area contributed by atoms with Gasteiger partial charge in [-0.25, -0.2) is 0 Å². The van der Waals surface area contributed by atoms with E-state index in [0.29, 0.717) is 12.1 Å². The van der Waals surface area contributed by atoms with Gasteiger partial charge < -0.3 is 10.1 Å². The standard InChI is InChI=1S/C17H24BrNO/c1-17(2)11-15(7-8-20-17)19-16-9-13(10-16)12-3-5-14(18)6-4-12/h3-6,13,15-16,19H,7-11H2,1-2H3. The molecule has 1 aliphatic carbocycles. The van der Waals surface area contributed by atoms with Gasteiger partial charge in [0.1, 0.15) is 0 Å². The molecular formula is C17H24BrNO. The zero-order valence-corrected chi connectivity index (χ0v) is 13.9. The second kappa shape index (κ2) is 5.78. The fourth-order valence-electron chi connectivity index (χ4n) is 3.47. The lowest BCUT2D eigenvalue weighted by molar-refractivity contribution is -0.0655. The topological polar surface area (TPSA) is 21.3 Å². The van der Waals surface area contributed by atoms with Crippen LogP contribution in [0.5, 0.6) is 0 Å². The van der Waals surface area contributed by atoms with Gasteiger partial charge in [0.25, 0.3) is 0 Å². The molecule has 1 heterocycles. The van der Waals surface area contributed by atoms with Crippen LogP contribution in [-0.2, 0) is 4.74 Å². The molecule has 2 aliphatic rings. The zero-order valence-electron chi connectivity index (χ0n) is 12.4. The van der Waals surface area contributed by atoms with E-state index in [2.05, 4.69) is 59.4 Å². The molecule has 1 saturated heterocycles. The minimum absolute atomic E-state index is 0.0464. The summed E-state index contributed by atoms with van der Waals surface area (Å²) in [6, 6.07) is 10.1. The first kappa shape index (κ1) is 14.6. The van der Waals surface area contributed by atoms with Crippen molar-refractivity contribution in [1.29, 1.82) is 0 Å². The Balaban J connectivity index is 1.47. The minimum Gasteiger partial charge on any atom is -0.375 e. The normalized spacial score (nSPS) is 32.6. The van der Waals surface area contributed by atoms with Crippen LogP contribution in [0, 0.1) is 0 Å². The van der Waals surface area contributed by atoms with Crippen molar-refractivity contribution in [2.45, 2.75) is 63.1 Å². The lowest BCUT2D eigenvalue weighted by Gasteiger charge is -2.42. The summed E-state index contributed by atoms with van der Waals surface area (Å²) in [6.07, 6.45) is 4.84. The largest absolute Gasteiger partial charge is 0.375 e. The Labute approximate surface area is 130 Å². The van der Waals surface area contributed by atoms with E-state index < -0.39 is 0 Å². The maximum absolute atomic E-state index is 5.79. The van der Waals surface area contributed by atoms with E-state index >= 15 is 0 Å². The van der Waals surface area contributed by atoms with Crippen LogP contribution in [0.25, 0.3) is 0 Å². The third kappa shape index (κ3) is 3.44. The summed E-state index contributed by atoms with van der Waals surface area (Å²) in [5, 5.41) is 3.83. The highest BCUT2D eigenvalue weighted by atomic mass is 79.9. The molecule has 2 fully saturated rings. The molecule has 1 N–H and O–H groups in total. The molecule has 2 nitrogen and oxygen atoms in total. The summed E-state index contributed by atoms with van der Waals surface area (Å²) >= 11 is 3.50. The molecule has 3 heteroatoms. The highest BCUT2D eigenvalue weighted by molar-refractivity contribution is 9.10. The van der Waals surface area contributed by atoms with E-state index in [4.69, 9.17) is 4.74 Å². The van der Waals surface area contributed by atoms with Crippen LogP contribution in [0.1, 0.15) is 51.0 Å². The fraction of sp³-hybridized carbons (Fsp3) is 0.647. The Morgan fingerprint density at radius 1 is 1.15 bits per heavy atom. The molecule has 0 amide bonds. The first-order chi connectivity index (χ1) is 9.52. The lowest BCUT2D eigenvalue weighted by Crippen LogP contribution is -2.50. The number of halogens is 1. The van der Waals surface area contributed by atoms with Crippen molar-refractivity contribution in [3.8, 4) is 0 Å². The summed E-state index contributed by atoms with van der Waals surface area (Å²) in [5.41, 5.74) is 1.53. The van der Waals surface area contributed by atoms with E-state index in [1.807, 2.05) is 0 Å². The number of benzene rings is 1. The number of hydrogen-bond acceptors (Lipinski definition) is 2. The Morgan fingerprint density at radius 2 is 1.85 bits per heavy atom. The van der Waals surface area contributed by atoms with Crippen LogP contribution in [0.3, 0.4) is 0 Å². The molecule has 0 spiro atoms. The number of rotatable bonds is 3. The minimum atomic E-state index is 0.0464. The van der Waals surface area contributed by atoms with Gasteiger partial charge in [0.2, 0.25) is 0 Å². The summed E-state index contributed by atoms with van der Waals surface area (Å²) < 4.78 is 6.95. The van der Waals surface area contributed by atoms with Crippen molar-refractivity contribution in [2.24, 2.45) is 0 Å². The maximum atomic E-state index is 5.79. The molecule has 1 aromatic carbocycles. The predicted octanol–water partition coefficient (Wildman–Crippen LogP) is 4.24. The monoisotopic (exact) mass is 337 g/mol. The van der Waals surface area contributed by atoms with Gasteiger partial charge in [-0.1, -0.05) is 28.1 Å². The maximum Gasteiger partial charge on any atom is 0.0641 e. The van der Waals surface area contributed by atoms with Crippen molar-refractivity contribution in [3.05, 3.63) is 34.3 Å². The molecule has 0 aromatic heterocycles. The van der Waals surface area contributed by atoms with Crippen LogP contribution in [-0.4, -0.2) is 24.3 Å². The molecule has 1 unspecified atom stereocenters. The van der Waals surface area contributed by atoms with Crippen molar-refractivity contribution < 1.29 is 4.74 Å². The zero-order chi connectivity index (χ0) is 14.2. The first-order valence-corrected chi connectivity index (χ1v) is 8.47. The Kier molecular flexibility index (Phi) is 4.21. The third-order valence-electron chi connectivity index (χ3n) is 4.65. The molecular weight excluding hydrogens is 314 g/mol. The Hall–Kier alpha value is -0.380. The molecule has 0 radical (unpaired) electrons.